The van der Waals surface area contributed by atoms with Crippen molar-refractivity contribution < 1.29 is 4.79 Å². The maximum atomic E-state index is 11.9. The normalized spacial score (nSPS) is 14.1. The minimum absolute atomic E-state index is 0.152. The predicted molar refractivity (Wildman–Crippen MR) is 88.3 cm³/mol. The summed E-state index contributed by atoms with van der Waals surface area (Å²) in [5.41, 5.74) is 2.49. The lowest BCUT2D eigenvalue weighted by molar-refractivity contribution is -0.118. The summed E-state index contributed by atoms with van der Waals surface area (Å²) in [5, 5.41) is 3.26. The van der Waals surface area contributed by atoms with Gasteiger partial charge < -0.3 is 5.32 Å². The molecule has 0 bridgehead atoms. The fourth-order valence-electron chi connectivity index (χ4n) is 2.30. The second-order valence-corrected chi connectivity index (χ2v) is 6.45. The summed E-state index contributed by atoms with van der Waals surface area (Å²) in [6, 6.07) is 21.2. The number of hydrogen-bond donors (Lipinski definition) is 1. The average Bonchev–Trinajstić information content (AvgIpc) is 3.33. The predicted octanol–water partition coefficient (Wildman–Crippen LogP) is 3.79. The van der Waals surface area contributed by atoms with E-state index in [9.17, 15) is 4.79 Å². The number of thioether (sulfide) groups is 1. The lowest BCUT2D eigenvalue weighted by atomic mass is 10.0. The fourth-order valence-corrected chi connectivity index (χ4v) is 3.40. The Hall–Kier alpha value is -1.74. The van der Waals surface area contributed by atoms with Crippen LogP contribution in [-0.4, -0.2) is 17.7 Å². The van der Waals surface area contributed by atoms with Gasteiger partial charge in [0, 0.05) is 6.04 Å². The highest BCUT2D eigenvalue weighted by molar-refractivity contribution is 8.00. The molecule has 1 N–H and O–H groups in total. The van der Waals surface area contributed by atoms with E-state index >= 15 is 0 Å². The molecule has 3 rings (SSSR count). The number of rotatable bonds is 6. The highest BCUT2D eigenvalue weighted by Gasteiger charge is 2.24. The molecule has 0 heterocycles. The van der Waals surface area contributed by atoms with E-state index < -0.39 is 0 Å². The first-order chi connectivity index (χ1) is 10.3. The van der Waals surface area contributed by atoms with Crippen LogP contribution in [0, 0.1) is 0 Å². The third kappa shape index (κ3) is 4.11. The second-order valence-electron chi connectivity index (χ2n) is 5.35. The number of nitrogens with one attached hydrogen (secondary N) is 1. The van der Waals surface area contributed by atoms with Gasteiger partial charge in [0.2, 0.25) is 5.91 Å². The largest absolute Gasteiger partial charge is 0.353 e. The Bertz CT molecular complexity index is 541. The molecule has 2 nitrogen and oxygen atoms in total. The van der Waals surface area contributed by atoms with Crippen LogP contribution >= 0.6 is 11.8 Å². The molecular formula is C18H19NOS. The third-order valence-electron chi connectivity index (χ3n) is 3.53. The lowest BCUT2D eigenvalue weighted by Gasteiger charge is -2.17. The Morgan fingerprint density at radius 2 is 1.52 bits per heavy atom. The highest BCUT2D eigenvalue weighted by atomic mass is 32.2. The zero-order valence-electron chi connectivity index (χ0n) is 11.9. The van der Waals surface area contributed by atoms with Gasteiger partial charge in [-0.05, 0) is 24.0 Å². The van der Waals surface area contributed by atoms with Crippen molar-refractivity contribution >= 4 is 17.7 Å². The monoisotopic (exact) mass is 297 g/mol. The van der Waals surface area contributed by atoms with Gasteiger partial charge in [-0.1, -0.05) is 60.7 Å². The van der Waals surface area contributed by atoms with E-state index in [4.69, 9.17) is 0 Å². The summed E-state index contributed by atoms with van der Waals surface area (Å²) in [7, 11) is 0. The molecule has 0 aromatic heterocycles. The first kappa shape index (κ1) is 14.2. The van der Waals surface area contributed by atoms with Crippen molar-refractivity contribution in [2.45, 2.75) is 24.1 Å². The molecule has 21 heavy (non-hydrogen) atoms. The third-order valence-corrected chi connectivity index (χ3v) is 4.83. The quantitative estimate of drug-likeness (QED) is 0.879. The van der Waals surface area contributed by atoms with Crippen LogP contribution in [0.4, 0.5) is 0 Å². The molecular weight excluding hydrogens is 278 g/mol. The van der Waals surface area contributed by atoms with Crippen molar-refractivity contribution in [3.8, 4) is 0 Å². The van der Waals surface area contributed by atoms with Gasteiger partial charge in [-0.25, -0.2) is 0 Å². The Labute approximate surface area is 130 Å². The first-order valence-electron chi connectivity index (χ1n) is 7.34. The Balaban J connectivity index is 1.71. The van der Waals surface area contributed by atoms with Crippen molar-refractivity contribution in [1.29, 1.82) is 0 Å². The standard InChI is InChI=1S/C18H19NOS/c20-17(19-16-11-12-16)13-21-18(14-7-3-1-4-8-14)15-9-5-2-6-10-15/h1-10,16,18H,11-13H2,(H,19,20). The van der Waals surface area contributed by atoms with E-state index in [-0.39, 0.29) is 11.2 Å². The molecule has 1 aliphatic carbocycles. The molecule has 0 unspecified atom stereocenters. The molecule has 0 radical (unpaired) electrons. The number of carbonyl (C=O) groups is 1. The minimum Gasteiger partial charge on any atom is -0.353 e. The van der Waals surface area contributed by atoms with E-state index in [1.807, 2.05) is 12.1 Å². The van der Waals surface area contributed by atoms with Gasteiger partial charge in [0.05, 0.1) is 11.0 Å². The average molecular weight is 297 g/mol. The Morgan fingerprint density at radius 3 is 2.00 bits per heavy atom. The zero-order chi connectivity index (χ0) is 14.5. The maximum absolute atomic E-state index is 11.9. The van der Waals surface area contributed by atoms with Gasteiger partial charge in [-0.2, -0.15) is 0 Å². The van der Waals surface area contributed by atoms with Crippen LogP contribution in [0.15, 0.2) is 60.7 Å². The molecule has 108 valence electrons. The SMILES string of the molecule is O=C(CSC(c1ccccc1)c1ccccc1)NC1CC1. The Kier molecular flexibility index (Phi) is 4.61. The zero-order valence-corrected chi connectivity index (χ0v) is 12.7. The van der Waals surface area contributed by atoms with Gasteiger partial charge >= 0.3 is 0 Å². The van der Waals surface area contributed by atoms with Crippen LogP contribution in [0.3, 0.4) is 0 Å². The van der Waals surface area contributed by atoms with Gasteiger partial charge in [0.15, 0.2) is 0 Å². The minimum atomic E-state index is 0.152. The van der Waals surface area contributed by atoms with Crippen LogP contribution in [0.25, 0.3) is 0 Å². The molecule has 0 aliphatic heterocycles. The van der Waals surface area contributed by atoms with Crippen molar-refractivity contribution in [3.63, 3.8) is 0 Å². The molecule has 3 heteroatoms. The van der Waals surface area contributed by atoms with Gasteiger partial charge in [-0.15, -0.1) is 11.8 Å². The van der Waals surface area contributed by atoms with E-state index in [1.165, 1.54) is 11.1 Å². The maximum Gasteiger partial charge on any atom is 0.230 e. The van der Waals surface area contributed by atoms with Crippen LogP contribution in [0.5, 0.6) is 0 Å². The molecule has 1 amide bonds. The molecule has 1 fully saturated rings. The topological polar surface area (TPSA) is 29.1 Å². The molecule has 0 spiro atoms. The van der Waals surface area contributed by atoms with Crippen molar-refractivity contribution in [3.05, 3.63) is 71.8 Å². The van der Waals surface area contributed by atoms with Crippen LogP contribution in [0.1, 0.15) is 29.2 Å². The van der Waals surface area contributed by atoms with E-state index in [0.29, 0.717) is 11.8 Å². The number of hydrogen-bond acceptors (Lipinski definition) is 2. The molecule has 1 saturated carbocycles. The van der Waals surface area contributed by atoms with Gasteiger partial charge in [0.1, 0.15) is 0 Å². The summed E-state index contributed by atoms with van der Waals surface area (Å²) in [6.07, 6.45) is 2.27. The summed E-state index contributed by atoms with van der Waals surface area (Å²) < 4.78 is 0. The summed E-state index contributed by atoms with van der Waals surface area (Å²) in [5.74, 6) is 0.657. The summed E-state index contributed by atoms with van der Waals surface area (Å²) in [6.45, 7) is 0. The second kappa shape index (κ2) is 6.81. The van der Waals surface area contributed by atoms with Crippen LogP contribution < -0.4 is 5.32 Å². The van der Waals surface area contributed by atoms with Crippen LogP contribution in [-0.2, 0) is 4.79 Å². The molecule has 0 atom stereocenters. The van der Waals surface area contributed by atoms with Crippen molar-refractivity contribution in [1.82, 2.24) is 5.32 Å². The van der Waals surface area contributed by atoms with Crippen molar-refractivity contribution in [2.75, 3.05) is 5.75 Å². The van der Waals surface area contributed by atoms with E-state index in [2.05, 4.69) is 53.8 Å². The molecule has 2 aromatic carbocycles. The fraction of sp³-hybridized carbons (Fsp3) is 0.278. The van der Waals surface area contributed by atoms with E-state index in [1.54, 1.807) is 11.8 Å². The van der Waals surface area contributed by atoms with E-state index in [0.717, 1.165) is 12.8 Å². The molecule has 1 aliphatic rings. The van der Waals surface area contributed by atoms with Gasteiger partial charge in [-0.3, -0.25) is 4.79 Å². The summed E-state index contributed by atoms with van der Waals surface area (Å²) in [4.78, 5) is 11.9. The summed E-state index contributed by atoms with van der Waals surface area (Å²) >= 11 is 1.69. The molecule has 0 saturated heterocycles. The molecule has 2 aromatic rings. The number of amides is 1. The highest BCUT2D eigenvalue weighted by Crippen LogP contribution is 2.35. The number of carbonyl (C=O) groups excluding carboxylic acids is 1. The lowest BCUT2D eigenvalue weighted by Crippen LogP contribution is -2.27. The van der Waals surface area contributed by atoms with Crippen molar-refractivity contribution in [2.24, 2.45) is 0 Å². The van der Waals surface area contributed by atoms with Gasteiger partial charge in [0.25, 0.3) is 0 Å². The number of benzene rings is 2. The van der Waals surface area contributed by atoms with Crippen LogP contribution in [0.2, 0.25) is 0 Å². The Morgan fingerprint density at radius 1 is 1.00 bits per heavy atom. The smallest absolute Gasteiger partial charge is 0.230 e. The first-order valence-corrected chi connectivity index (χ1v) is 8.38.